The predicted molar refractivity (Wildman–Crippen MR) is 97.0 cm³/mol. The lowest BCUT2D eigenvalue weighted by Crippen LogP contribution is -2.27. The number of thiazole rings is 1. The lowest BCUT2D eigenvalue weighted by atomic mass is 10.2. The third-order valence-corrected chi connectivity index (χ3v) is 4.90. The quantitative estimate of drug-likeness (QED) is 0.606. The summed E-state index contributed by atoms with van der Waals surface area (Å²) in [6.45, 7) is 3.17. The van der Waals surface area contributed by atoms with Crippen molar-refractivity contribution in [3.05, 3.63) is 46.2 Å². The molecule has 1 fully saturated rings. The Morgan fingerprint density at radius 3 is 2.93 bits per heavy atom. The number of carbonyl (C=O) groups excluding carboxylic acids is 1. The summed E-state index contributed by atoms with van der Waals surface area (Å²) >= 11 is 1.41. The molecule has 2 heterocycles. The summed E-state index contributed by atoms with van der Waals surface area (Å²) in [5.74, 6) is -0.170. The summed E-state index contributed by atoms with van der Waals surface area (Å²) in [6, 6.07) is 5.79. The summed E-state index contributed by atoms with van der Waals surface area (Å²) in [7, 11) is 0. The van der Waals surface area contributed by atoms with Gasteiger partial charge in [0.1, 0.15) is 29.8 Å². The molecule has 3 rings (SSSR count). The molecule has 6 nitrogen and oxygen atoms in total. The second-order valence-electron chi connectivity index (χ2n) is 6.19. The molecule has 2 aromatic rings. The lowest BCUT2D eigenvalue weighted by molar-refractivity contribution is -0.159. The van der Waals surface area contributed by atoms with E-state index >= 15 is 0 Å². The average molecular weight is 395 g/mol. The van der Waals surface area contributed by atoms with Gasteiger partial charge >= 0.3 is 5.97 Å². The van der Waals surface area contributed by atoms with Gasteiger partial charge in [-0.3, -0.25) is 0 Å². The summed E-state index contributed by atoms with van der Waals surface area (Å²) in [4.78, 5) is 16.4. The normalized spacial score (nSPS) is 17.6. The molecule has 1 saturated heterocycles. The Balaban J connectivity index is 1.37. The fourth-order valence-electron chi connectivity index (χ4n) is 2.52. The minimum Gasteiger partial charge on any atom is -0.486 e. The standard InChI is InChI=1S/C19H22FNO5S/c1-13(24-10-17-3-2-8-23-17)19(22)26-9-15-12-27-18(21-15)11-25-16-6-4-14(20)5-7-16/h4-7,12-13,17H,2-3,8-11H2,1H3. The van der Waals surface area contributed by atoms with Crippen LogP contribution in [0.15, 0.2) is 29.6 Å². The number of hydrogen-bond donors (Lipinski definition) is 0. The van der Waals surface area contributed by atoms with Crippen LogP contribution in [0, 0.1) is 5.82 Å². The number of carbonyl (C=O) groups is 1. The second-order valence-corrected chi connectivity index (χ2v) is 7.14. The smallest absolute Gasteiger partial charge is 0.335 e. The van der Waals surface area contributed by atoms with Crippen molar-refractivity contribution in [2.45, 2.75) is 45.2 Å². The zero-order chi connectivity index (χ0) is 19.1. The molecular formula is C19H22FNO5S. The SMILES string of the molecule is CC(OCC1CCCO1)C(=O)OCc1csc(COc2ccc(F)cc2)n1. The molecule has 1 aromatic heterocycles. The van der Waals surface area contributed by atoms with Crippen molar-refractivity contribution in [3.8, 4) is 5.75 Å². The van der Waals surface area contributed by atoms with Gasteiger partial charge in [-0.15, -0.1) is 11.3 Å². The van der Waals surface area contributed by atoms with Gasteiger partial charge in [-0.05, 0) is 44.0 Å². The van der Waals surface area contributed by atoms with Crippen LogP contribution in [0.5, 0.6) is 5.75 Å². The number of nitrogens with zero attached hydrogens (tertiary/aromatic N) is 1. The third kappa shape index (κ3) is 6.27. The fourth-order valence-corrected chi connectivity index (χ4v) is 3.21. The van der Waals surface area contributed by atoms with E-state index < -0.39 is 12.1 Å². The largest absolute Gasteiger partial charge is 0.486 e. The van der Waals surface area contributed by atoms with Crippen LogP contribution in [0.25, 0.3) is 0 Å². The molecule has 1 aliphatic heterocycles. The van der Waals surface area contributed by atoms with E-state index in [1.165, 1.54) is 23.5 Å². The van der Waals surface area contributed by atoms with E-state index in [0.29, 0.717) is 18.1 Å². The molecule has 0 aliphatic carbocycles. The number of esters is 1. The molecule has 2 unspecified atom stereocenters. The minimum atomic E-state index is -0.644. The first-order valence-electron chi connectivity index (χ1n) is 8.81. The molecule has 0 bridgehead atoms. The van der Waals surface area contributed by atoms with Crippen molar-refractivity contribution in [1.29, 1.82) is 0 Å². The van der Waals surface area contributed by atoms with Crippen molar-refractivity contribution < 1.29 is 28.1 Å². The van der Waals surface area contributed by atoms with Crippen LogP contribution in [-0.4, -0.2) is 36.4 Å². The molecule has 0 saturated carbocycles. The number of rotatable bonds is 9. The van der Waals surface area contributed by atoms with Gasteiger partial charge in [-0.2, -0.15) is 0 Å². The molecule has 2 atom stereocenters. The second kappa shape index (κ2) is 9.77. The minimum absolute atomic E-state index is 0.0717. The fraction of sp³-hybridized carbons (Fsp3) is 0.474. The predicted octanol–water partition coefficient (Wildman–Crippen LogP) is 3.49. The van der Waals surface area contributed by atoms with E-state index in [-0.39, 0.29) is 25.1 Å². The Bertz CT molecular complexity index is 730. The Labute approximate surface area is 161 Å². The average Bonchev–Trinajstić information content (AvgIpc) is 3.35. The van der Waals surface area contributed by atoms with Gasteiger partial charge in [-0.1, -0.05) is 0 Å². The highest BCUT2D eigenvalue weighted by molar-refractivity contribution is 7.09. The molecule has 0 amide bonds. The molecule has 0 N–H and O–H groups in total. The van der Waals surface area contributed by atoms with Crippen LogP contribution in [0.2, 0.25) is 0 Å². The molecular weight excluding hydrogens is 373 g/mol. The van der Waals surface area contributed by atoms with Gasteiger partial charge in [0.15, 0.2) is 6.10 Å². The Morgan fingerprint density at radius 2 is 2.19 bits per heavy atom. The van der Waals surface area contributed by atoms with E-state index in [9.17, 15) is 9.18 Å². The number of aromatic nitrogens is 1. The Morgan fingerprint density at radius 1 is 1.37 bits per heavy atom. The first kappa shape index (κ1) is 19.7. The van der Waals surface area contributed by atoms with Crippen LogP contribution in [-0.2, 0) is 32.2 Å². The number of halogens is 1. The highest BCUT2D eigenvalue weighted by Gasteiger charge is 2.21. The number of ether oxygens (including phenoxy) is 4. The number of hydrogen-bond acceptors (Lipinski definition) is 7. The third-order valence-electron chi connectivity index (χ3n) is 4.03. The van der Waals surface area contributed by atoms with Crippen molar-refractivity contribution in [2.24, 2.45) is 0 Å². The molecule has 146 valence electrons. The lowest BCUT2D eigenvalue weighted by Gasteiger charge is -2.15. The van der Waals surface area contributed by atoms with Crippen molar-refractivity contribution in [3.63, 3.8) is 0 Å². The monoisotopic (exact) mass is 395 g/mol. The van der Waals surface area contributed by atoms with Gasteiger partial charge in [0.05, 0.1) is 18.4 Å². The van der Waals surface area contributed by atoms with E-state index in [0.717, 1.165) is 24.5 Å². The molecule has 0 spiro atoms. The van der Waals surface area contributed by atoms with Gasteiger partial charge in [0.25, 0.3) is 0 Å². The van der Waals surface area contributed by atoms with E-state index in [2.05, 4.69) is 4.98 Å². The van der Waals surface area contributed by atoms with Crippen molar-refractivity contribution in [2.75, 3.05) is 13.2 Å². The van der Waals surface area contributed by atoms with E-state index in [4.69, 9.17) is 18.9 Å². The van der Waals surface area contributed by atoms with Crippen molar-refractivity contribution >= 4 is 17.3 Å². The zero-order valence-corrected chi connectivity index (χ0v) is 15.9. The summed E-state index contributed by atoms with van der Waals surface area (Å²) in [5.41, 5.74) is 0.650. The molecule has 1 aromatic carbocycles. The molecule has 1 aliphatic rings. The highest BCUT2D eigenvalue weighted by Crippen LogP contribution is 2.17. The van der Waals surface area contributed by atoms with Crippen LogP contribution < -0.4 is 4.74 Å². The Hall–Kier alpha value is -2.03. The molecule has 0 radical (unpaired) electrons. The molecule has 8 heteroatoms. The van der Waals surface area contributed by atoms with Gasteiger partial charge in [0, 0.05) is 12.0 Å². The van der Waals surface area contributed by atoms with Crippen LogP contribution in [0.1, 0.15) is 30.5 Å². The topological polar surface area (TPSA) is 66.9 Å². The summed E-state index contributed by atoms with van der Waals surface area (Å²) in [6.07, 6.45) is 1.42. The first-order chi connectivity index (χ1) is 13.1. The summed E-state index contributed by atoms with van der Waals surface area (Å²) in [5, 5.41) is 2.56. The van der Waals surface area contributed by atoms with Gasteiger partial charge < -0.3 is 18.9 Å². The maximum absolute atomic E-state index is 12.9. The van der Waals surface area contributed by atoms with Gasteiger partial charge in [0.2, 0.25) is 0 Å². The van der Waals surface area contributed by atoms with E-state index in [1.54, 1.807) is 19.1 Å². The Kier molecular flexibility index (Phi) is 7.14. The summed E-state index contributed by atoms with van der Waals surface area (Å²) < 4.78 is 34.6. The molecule has 27 heavy (non-hydrogen) atoms. The number of benzene rings is 1. The van der Waals surface area contributed by atoms with Crippen LogP contribution in [0.3, 0.4) is 0 Å². The van der Waals surface area contributed by atoms with Gasteiger partial charge in [-0.25, -0.2) is 14.2 Å². The van der Waals surface area contributed by atoms with Crippen LogP contribution in [0.4, 0.5) is 4.39 Å². The van der Waals surface area contributed by atoms with Crippen LogP contribution >= 0.6 is 11.3 Å². The first-order valence-corrected chi connectivity index (χ1v) is 9.69. The highest BCUT2D eigenvalue weighted by atomic mass is 32.1. The zero-order valence-electron chi connectivity index (χ0n) is 15.1. The van der Waals surface area contributed by atoms with E-state index in [1.807, 2.05) is 5.38 Å². The van der Waals surface area contributed by atoms with Crippen molar-refractivity contribution in [1.82, 2.24) is 4.98 Å². The maximum atomic E-state index is 12.9. The maximum Gasteiger partial charge on any atom is 0.335 e.